The van der Waals surface area contributed by atoms with Gasteiger partial charge in [-0.15, -0.1) is 0 Å². The standard InChI is InChI=1S/C21H29N3O3.C7H9NO.2C2H6/c1-4-24-20(25)23-14-15-12-16(26-2)13-18(27-3)17(15)6-5-7-19(23)21(24)8-10-22-11-9-21;1-5-3-6(2)8-7(5)4-9;2*1-2/h7,12-13,22H,4-6,8-11,14H2,1-3H3;3-4,8H,1-2H3;2*1-2H3/b19-7-;;;. The maximum absolute atomic E-state index is 13.4. The molecule has 40 heavy (non-hydrogen) atoms. The zero-order chi connectivity index (χ0) is 29.9. The molecule has 0 atom stereocenters. The van der Waals surface area contributed by atoms with Crippen LogP contribution in [0.4, 0.5) is 4.79 Å². The summed E-state index contributed by atoms with van der Waals surface area (Å²) in [5.74, 6) is 1.61. The van der Waals surface area contributed by atoms with Crippen molar-refractivity contribution in [3.8, 4) is 11.5 Å². The number of carbonyl (C=O) groups excluding carboxylic acids is 2. The number of aryl methyl sites for hydroxylation is 2. The Hall–Kier alpha value is -3.26. The number of fused-ring (bicyclic) bond motifs is 3. The van der Waals surface area contributed by atoms with E-state index in [-0.39, 0.29) is 11.6 Å². The molecular formula is C32H50N4O4. The van der Waals surface area contributed by atoms with Gasteiger partial charge in [-0.2, -0.15) is 0 Å². The molecule has 0 aliphatic carbocycles. The Morgan fingerprint density at radius 3 is 2.20 bits per heavy atom. The van der Waals surface area contributed by atoms with Crippen molar-refractivity contribution in [3.63, 3.8) is 0 Å². The lowest BCUT2D eigenvalue weighted by atomic mass is 9.83. The Balaban J connectivity index is 0.000000362. The Bertz CT molecular complexity index is 1150. The van der Waals surface area contributed by atoms with E-state index in [1.54, 1.807) is 14.2 Å². The number of amides is 2. The van der Waals surface area contributed by atoms with Crippen molar-refractivity contribution in [1.29, 1.82) is 0 Å². The molecule has 2 saturated heterocycles. The molecule has 1 spiro atoms. The number of rotatable bonds is 4. The highest BCUT2D eigenvalue weighted by molar-refractivity contribution is 5.82. The molecular weight excluding hydrogens is 504 g/mol. The summed E-state index contributed by atoms with van der Waals surface area (Å²) >= 11 is 0. The van der Waals surface area contributed by atoms with Gasteiger partial charge in [-0.3, -0.25) is 9.69 Å². The third-order valence-electron chi connectivity index (χ3n) is 7.59. The zero-order valence-electron chi connectivity index (χ0n) is 26.1. The summed E-state index contributed by atoms with van der Waals surface area (Å²) in [7, 11) is 3.36. The number of nitrogens with one attached hydrogen (secondary N) is 2. The molecule has 4 heterocycles. The molecule has 0 unspecified atom stereocenters. The fourth-order valence-electron chi connectivity index (χ4n) is 5.87. The highest BCUT2D eigenvalue weighted by Gasteiger charge is 2.53. The van der Waals surface area contributed by atoms with E-state index >= 15 is 0 Å². The highest BCUT2D eigenvalue weighted by atomic mass is 16.5. The average Bonchev–Trinajstić information content (AvgIpc) is 3.41. The van der Waals surface area contributed by atoms with Gasteiger partial charge in [-0.05, 0) is 88.4 Å². The van der Waals surface area contributed by atoms with Gasteiger partial charge in [0.1, 0.15) is 11.5 Å². The van der Waals surface area contributed by atoms with Gasteiger partial charge in [0, 0.05) is 24.0 Å². The Morgan fingerprint density at radius 1 is 1.02 bits per heavy atom. The molecule has 5 rings (SSSR count). The van der Waals surface area contributed by atoms with Crippen molar-refractivity contribution >= 4 is 12.3 Å². The van der Waals surface area contributed by atoms with Crippen LogP contribution >= 0.6 is 0 Å². The molecule has 2 fully saturated rings. The number of aromatic amines is 1. The highest BCUT2D eigenvalue weighted by Crippen LogP contribution is 2.45. The number of piperidine rings is 1. The van der Waals surface area contributed by atoms with Crippen LogP contribution in [-0.2, 0) is 13.0 Å². The number of urea groups is 1. The molecule has 2 N–H and O–H groups in total. The zero-order valence-corrected chi connectivity index (χ0v) is 26.1. The Morgan fingerprint density at radius 2 is 1.70 bits per heavy atom. The number of allylic oxidation sites excluding steroid dienone is 1. The summed E-state index contributed by atoms with van der Waals surface area (Å²) in [6.45, 7) is 17.1. The second-order valence-electron chi connectivity index (χ2n) is 9.66. The lowest BCUT2D eigenvalue weighted by molar-refractivity contribution is 0.111. The number of H-pyrrole nitrogens is 1. The van der Waals surface area contributed by atoms with E-state index in [9.17, 15) is 9.59 Å². The fourth-order valence-corrected chi connectivity index (χ4v) is 5.87. The molecule has 1 aromatic heterocycles. The van der Waals surface area contributed by atoms with E-state index < -0.39 is 0 Å². The molecule has 8 nitrogen and oxygen atoms in total. The summed E-state index contributed by atoms with van der Waals surface area (Å²) in [6, 6.07) is 6.06. The first-order valence-corrected chi connectivity index (χ1v) is 14.7. The first kappa shape index (κ1) is 32.9. The number of ether oxygens (including phenoxy) is 2. The maximum Gasteiger partial charge on any atom is 0.325 e. The van der Waals surface area contributed by atoms with E-state index in [2.05, 4.69) is 34.3 Å². The van der Waals surface area contributed by atoms with Crippen molar-refractivity contribution in [2.75, 3.05) is 33.9 Å². The molecule has 3 aliphatic rings. The quantitative estimate of drug-likeness (QED) is 0.427. The van der Waals surface area contributed by atoms with Crippen LogP contribution in [0.1, 0.15) is 86.8 Å². The van der Waals surface area contributed by atoms with Crippen LogP contribution < -0.4 is 14.8 Å². The summed E-state index contributed by atoms with van der Waals surface area (Å²) in [5, 5.41) is 3.45. The van der Waals surface area contributed by atoms with Crippen LogP contribution in [0.5, 0.6) is 11.5 Å². The first-order chi connectivity index (χ1) is 19.4. The van der Waals surface area contributed by atoms with Gasteiger partial charge < -0.3 is 24.7 Å². The van der Waals surface area contributed by atoms with Gasteiger partial charge in [0.15, 0.2) is 6.29 Å². The molecule has 0 bridgehead atoms. The molecule has 222 valence electrons. The summed E-state index contributed by atoms with van der Waals surface area (Å²) in [4.78, 5) is 30.6. The van der Waals surface area contributed by atoms with Crippen LogP contribution in [0.3, 0.4) is 0 Å². The predicted octanol–water partition coefficient (Wildman–Crippen LogP) is 6.41. The van der Waals surface area contributed by atoms with Crippen LogP contribution in [0.25, 0.3) is 0 Å². The minimum absolute atomic E-state index is 0.125. The second-order valence-corrected chi connectivity index (χ2v) is 9.66. The van der Waals surface area contributed by atoms with E-state index in [0.717, 1.165) is 79.9 Å². The number of hydrogen-bond donors (Lipinski definition) is 2. The average molecular weight is 555 g/mol. The minimum Gasteiger partial charge on any atom is -0.497 e. The van der Waals surface area contributed by atoms with E-state index in [1.165, 1.54) is 11.3 Å². The molecule has 1 aromatic carbocycles. The Kier molecular flexibility index (Phi) is 12.8. The number of carbonyl (C=O) groups is 2. The molecule has 8 heteroatoms. The molecule has 2 amide bonds. The molecule has 2 aromatic rings. The number of hydrogen-bond acceptors (Lipinski definition) is 5. The maximum atomic E-state index is 13.4. The fraction of sp³-hybridized carbons (Fsp3) is 0.562. The number of aldehydes is 1. The largest absolute Gasteiger partial charge is 0.497 e. The van der Waals surface area contributed by atoms with Crippen LogP contribution in [-0.4, -0.2) is 66.5 Å². The smallest absolute Gasteiger partial charge is 0.325 e. The first-order valence-electron chi connectivity index (χ1n) is 14.7. The number of nitrogens with zero attached hydrogens (tertiary/aromatic N) is 2. The lowest BCUT2D eigenvalue weighted by Gasteiger charge is -2.41. The molecule has 0 saturated carbocycles. The molecule has 3 aliphatic heterocycles. The third-order valence-corrected chi connectivity index (χ3v) is 7.59. The minimum atomic E-state index is -0.155. The topological polar surface area (TPSA) is 86.9 Å². The van der Waals surface area contributed by atoms with Gasteiger partial charge in [0.25, 0.3) is 0 Å². The van der Waals surface area contributed by atoms with E-state index in [4.69, 9.17) is 9.47 Å². The van der Waals surface area contributed by atoms with Gasteiger partial charge in [-0.25, -0.2) is 4.79 Å². The second kappa shape index (κ2) is 15.5. The number of benzene rings is 1. The van der Waals surface area contributed by atoms with E-state index in [1.807, 2.05) is 58.6 Å². The number of likely N-dealkylation sites (N-methyl/N-ethyl adjacent to an activating group) is 1. The van der Waals surface area contributed by atoms with Crippen molar-refractivity contribution in [1.82, 2.24) is 20.1 Å². The van der Waals surface area contributed by atoms with Crippen molar-refractivity contribution in [2.24, 2.45) is 0 Å². The van der Waals surface area contributed by atoms with Crippen LogP contribution in [0.15, 0.2) is 30.0 Å². The van der Waals surface area contributed by atoms with Gasteiger partial charge in [0.05, 0.1) is 32.0 Å². The van der Waals surface area contributed by atoms with Gasteiger partial charge in [0.2, 0.25) is 0 Å². The third kappa shape index (κ3) is 6.72. The van der Waals surface area contributed by atoms with Crippen molar-refractivity contribution < 1.29 is 19.1 Å². The monoisotopic (exact) mass is 554 g/mol. The van der Waals surface area contributed by atoms with Crippen LogP contribution in [0.2, 0.25) is 0 Å². The van der Waals surface area contributed by atoms with E-state index in [0.29, 0.717) is 12.2 Å². The summed E-state index contributed by atoms with van der Waals surface area (Å²) in [6.07, 6.45) is 6.90. The van der Waals surface area contributed by atoms with Gasteiger partial charge >= 0.3 is 6.03 Å². The number of aromatic nitrogens is 1. The predicted molar refractivity (Wildman–Crippen MR) is 162 cm³/mol. The van der Waals surface area contributed by atoms with Crippen molar-refractivity contribution in [2.45, 2.75) is 86.2 Å². The van der Waals surface area contributed by atoms with Gasteiger partial charge in [-0.1, -0.05) is 33.8 Å². The van der Waals surface area contributed by atoms with Crippen LogP contribution in [0, 0.1) is 13.8 Å². The summed E-state index contributed by atoms with van der Waals surface area (Å²) < 4.78 is 11.1. The summed E-state index contributed by atoms with van der Waals surface area (Å²) in [5.41, 5.74) is 6.08. The lowest BCUT2D eigenvalue weighted by Crippen LogP contribution is -2.52. The normalized spacial score (nSPS) is 18.1. The SMILES string of the molecule is CC.CC.CCN1C(=O)N2Cc3cc(OC)cc(OC)c3CC/C=C\2C12CCNCC2.Cc1cc(C)c(C=O)[nH]1. The van der Waals surface area contributed by atoms with Crippen molar-refractivity contribution in [3.05, 3.63) is 58.1 Å². The number of methoxy groups -OCH3 is 2. The molecule has 0 radical (unpaired) electrons. The Labute approximate surface area is 241 Å².